The Balaban J connectivity index is 2.17. The minimum absolute atomic E-state index is 0.337. The van der Waals surface area contributed by atoms with Gasteiger partial charge in [0.1, 0.15) is 12.4 Å². The summed E-state index contributed by atoms with van der Waals surface area (Å²) in [5.41, 5.74) is 8.79. The number of hydrogen-bond acceptors (Lipinski definition) is 2. The summed E-state index contributed by atoms with van der Waals surface area (Å²) in [5, 5.41) is 1.05. The van der Waals surface area contributed by atoms with Crippen molar-refractivity contribution in [1.29, 1.82) is 0 Å². The van der Waals surface area contributed by atoms with E-state index in [4.69, 9.17) is 33.7 Å². The Kier molecular flexibility index (Phi) is 4.70. The number of ether oxygens (including phenoxy) is 1. The van der Waals surface area contributed by atoms with Gasteiger partial charge in [0.15, 0.2) is 0 Å². The Hall–Kier alpha value is -1.22. The maximum absolute atomic E-state index is 6.14. The molecular weight excluding hydrogens is 281 g/mol. The van der Waals surface area contributed by atoms with Crippen LogP contribution in [0.5, 0.6) is 5.75 Å². The minimum atomic E-state index is 0.337. The topological polar surface area (TPSA) is 35.2 Å². The highest BCUT2D eigenvalue weighted by atomic mass is 35.5. The largest absolute Gasteiger partial charge is 0.487 e. The Bertz CT molecular complexity index is 567. The van der Waals surface area contributed by atoms with Crippen LogP contribution < -0.4 is 10.5 Å². The van der Waals surface area contributed by atoms with Crippen LogP contribution >= 0.6 is 23.2 Å². The van der Waals surface area contributed by atoms with Crippen LogP contribution in [0.4, 0.5) is 0 Å². The fourth-order valence-electron chi connectivity index (χ4n) is 1.77. The average molecular weight is 296 g/mol. The monoisotopic (exact) mass is 295 g/mol. The molecule has 0 heterocycles. The molecule has 0 spiro atoms. The summed E-state index contributed by atoms with van der Waals surface area (Å²) in [6.45, 7) is 2.84. The van der Waals surface area contributed by atoms with E-state index in [0.29, 0.717) is 28.9 Å². The zero-order valence-corrected chi connectivity index (χ0v) is 12.1. The van der Waals surface area contributed by atoms with E-state index >= 15 is 0 Å². The van der Waals surface area contributed by atoms with Crippen molar-refractivity contribution < 1.29 is 4.74 Å². The molecule has 0 radical (unpaired) electrons. The molecule has 19 heavy (non-hydrogen) atoms. The third-order valence-corrected chi connectivity index (χ3v) is 3.31. The molecule has 100 valence electrons. The van der Waals surface area contributed by atoms with Crippen molar-refractivity contribution in [2.45, 2.75) is 20.1 Å². The van der Waals surface area contributed by atoms with Crippen molar-refractivity contribution in [2.24, 2.45) is 5.73 Å². The van der Waals surface area contributed by atoms with Gasteiger partial charge in [0, 0.05) is 17.1 Å². The predicted molar refractivity (Wildman–Crippen MR) is 79.9 cm³/mol. The van der Waals surface area contributed by atoms with Gasteiger partial charge in [-0.1, -0.05) is 53.0 Å². The predicted octanol–water partition coefficient (Wildman–Crippen LogP) is 4.34. The fraction of sp³-hybridized carbons (Fsp3) is 0.200. The normalized spacial score (nSPS) is 10.5. The van der Waals surface area contributed by atoms with Crippen molar-refractivity contribution in [3.63, 3.8) is 0 Å². The van der Waals surface area contributed by atoms with E-state index in [1.165, 1.54) is 5.56 Å². The van der Waals surface area contributed by atoms with Crippen LogP contribution in [-0.4, -0.2) is 0 Å². The number of aryl methyl sites for hydroxylation is 1. The van der Waals surface area contributed by atoms with Crippen molar-refractivity contribution in [1.82, 2.24) is 0 Å². The first-order chi connectivity index (χ1) is 9.10. The summed E-state index contributed by atoms with van der Waals surface area (Å²) >= 11 is 12.1. The smallest absolute Gasteiger partial charge is 0.142 e. The van der Waals surface area contributed by atoms with Gasteiger partial charge in [-0.3, -0.25) is 0 Å². The molecule has 0 amide bonds. The Morgan fingerprint density at radius 2 is 1.79 bits per heavy atom. The number of hydrogen-bond donors (Lipinski definition) is 1. The van der Waals surface area contributed by atoms with E-state index in [2.05, 4.69) is 0 Å². The molecule has 2 aromatic rings. The molecule has 0 aliphatic carbocycles. The van der Waals surface area contributed by atoms with Gasteiger partial charge in [0.05, 0.1) is 5.02 Å². The highest BCUT2D eigenvalue weighted by Gasteiger charge is 2.09. The lowest BCUT2D eigenvalue weighted by Crippen LogP contribution is -2.03. The molecule has 0 fully saturated rings. The van der Waals surface area contributed by atoms with Crippen LogP contribution in [-0.2, 0) is 13.2 Å². The lowest BCUT2D eigenvalue weighted by Gasteiger charge is -2.13. The van der Waals surface area contributed by atoms with Crippen LogP contribution in [0.1, 0.15) is 16.7 Å². The first-order valence-corrected chi connectivity index (χ1v) is 6.72. The second-order valence-corrected chi connectivity index (χ2v) is 5.20. The number of benzene rings is 2. The first kappa shape index (κ1) is 14.2. The SMILES string of the molecule is Cc1ccc(COc2c(Cl)cc(Cl)cc2CN)cc1. The van der Waals surface area contributed by atoms with Gasteiger partial charge in [-0.15, -0.1) is 0 Å². The molecule has 2 N–H and O–H groups in total. The van der Waals surface area contributed by atoms with Crippen LogP contribution in [0.15, 0.2) is 36.4 Å². The minimum Gasteiger partial charge on any atom is -0.487 e. The van der Waals surface area contributed by atoms with Crippen molar-refractivity contribution in [3.05, 3.63) is 63.1 Å². The van der Waals surface area contributed by atoms with Crippen molar-refractivity contribution in [2.75, 3.05) is 0 Å². The van der Waals surface area contributed by atoms with Gasteiger partial charge in [-0.2, -0.15) is 0 Å². The van der Waals surface area contributed by atoms with Gasteiger partial charge in [-0.05, 0) is 24.6 Å². The van der Waals surface area contributed by atoms with Gasteiger partial charge in [0.25, 0.3) is 0 Å². The van der Waals surface area contributed by atoms with E-state index < -0.39 is 0 Å². The fourth-order valence-corrected chi connectivity index (χ4v) is 2.36. The number of nitrogens with two attached hydrogens (primary N) is 1. The molecule has 0 aromatic heterocycles. The number of rotatable bonds is 4. The second kappa shape index (κ2) is 6.29. The summed E-state index contributed by atoms with van der Waals surface area (Å²) in [7, 11) is 0. The zero-order valence-electron chi connectivity index (χ0n) is 10.6. The van der Waals surface area contributed by atoms with Gasteiger partial charge >= 0.3 is 0 Å². The van der Waals surface area contributed by atoms with Crippen molar-refractivity contribution in [3.8, 4) is 5.75 Å². The molecule has 2 rings (SSSR count). The summed E-state index contributed by atoms with van der Waals surface area (Å²) in [6, 6.07) is 11.6. The Morgan fingerprint density at radius 1 is 1.11 bits per heavy atom. The van der Waals surface area contributed by atoms with Crippen molar-refractivity contribution >= 4 is 23.2 Å². The third-order valence-electron chi connectivity index (χ3n) is 2.81. The highest BCUT2D eigenvalue weighted by Crippen LogP contribution is 2.32. The second-order valence-electron chi connectivity index (χ2n) is 4.35. The molecule has 0 aliphatic rings. The van der Waals surface area contributed by atoms with Crippen LogP contribution in [0.25, 0.3) is 0 Å². The maximum Gasteiger partial charge on any atom is 0.142 e. The standard InChI is InChI=1S/C15H15Cl2NO/c1-10-2-4-11(5-3-10)9-19-15-12(8-18)6-13(16)7-14(15)17/h2-7H,8-9,18H2,1H3. The summed E-state index contributed by atoms with van der Waals surface area (Å²) in [4.78, 5) is 0. The van der Waals surface area contributed by atoms with Gasteiger partial charge in [0.2, 0.25) is 0 Å². The maximum atomic E-state index is 6.14. The quantitative estimate of drug-likeness (QED) is 0.911. The van der Waals surface area contributed by atoms with Gasteiger partial charge < -0.3 is 10.5 Å². The molecule has 0 aliphatic heterocycles. The molecular formula is C15H15Cl2NO. The Labute approximate surface area is 123 Å². The molecule has 0 saturated heterocycles. The molecule has 4 heteroatoms. The van der Waals surface area contributed by atoms with E-state index in [9.17, 15) is 0 Å². The molecule has 0 unspecified atom stereocenters. The van der Waals surface area contributed by atoms with E-state index in [1.54, 1.807) is 12.1 Å². The zero-order chi connectivity index (χ0) is 13.8. The summed E-state index contributed by atoms with van der Waals surface area (Å²) < 4.78 is 5.77. The van der Waals surface area contributed by atoms with E-state index in [1.807, 2.05) is 31.2 Å². The molecule has 0 saturated carbocycles. The lowest BCUT2D eigenvalue weighted by molar-refractivity contribution is 0.303. The van der Waals surface area contributed by atoms with E-state index in [0.717, 1.165) is 11.1 Å². The highest BCUT2D eigenvalue weighted by molar-refractivity contribution is 6.35. The number of halogens is 2. The Morgan fingerprint density at radius 3 is 2.42 bits per heavy atom. The van der Waals surface area contributed by atoms with Crippen LogP contribution in [0.3, 0.4) is 0 Å². The molecule has 0 atom stereocenters. The average Bonchev–Trinajstić information content (AvgIpc) is 2.39. The molecule has 2 aromatic carbocycles. The first-order valence-electron chi connectivity index (χ1n) is 5.96. The lowest BCUT2D eigenvalue weighted by atomic mass is 10.1. The summed E-state index contributed by atoms with van der Waals surface area (Å²) in [6.07, 6.45) is 0. The van der Waals surface area contributed by atoms with E-state index in [-0.39, 0.29) is 0 Å². The third kappa shape index (κ3) is 3.63. The van der Waals surface area contributed by atoms with Crippen LogP contribution in [0, 0.1) is 6.92 Å². The molecule has 0 bridgehead atoms. The van der Waals surface area contributed by atoms with Crippen LogP contribution in [0.2, 0.25) is 10.0 Å². The molecule has 2 nitrogen and oxygen atoms in total. The summed E-state index contributed by atoms with van der Waals surface area (Å²) in [5.74, 6) is 0.606. The van der Waals surface area contributed by atoms with Gasteiger partial charge in [-0.25, -0.2) is 0 Å².